The number of hydrogen-bond donors (Lipinski definition) is 0. The van der Waals surface area contributed by atoms with Crippen molar-refractivity contribution in [2.75, 3.05) is 13.2 Å². The molecule has 5 nitrogen and oxygen atoms in total. The lowest BCUT2D eigenvalue weighted by molar-refractivity contribution is -0.220. The van der Waals surface area contributed by atoms with E-state index in [0.717, 1.165) is 12.8 Å². The molecule has 5 rings (SSSR count). The maximum Gasteiger partial charge on any atom is 0.185 e. The van der Waals surface area contributed by atoms with Crippen molar-refractivity contribution in [1.29, 1.82) is 0 Å². The van der Waals surface area contributed by atoms with E-state index in [0.29, 0.717) is 37.5 Å². The van der Waals surface area contributed by atoms with E-state index in [1.165, 1.54) is 5.56 Å². The van der Waals surface area contributed by atoms with Gasteiger partial charge in [0.15, 0.2) is 15.6 Å². The summed E-state index contributed by atoms with van der Waals surface area (Å²) in [5.41, 5.74) is 1.19. The van der Waals surface area contributed by atoms with E-state index in [-0.39, 0.29) is 12.1 Å². The molecule has 0 saturated carbocycles. The first kappa shape index (κ1) is 20.2. The summed E-state index contributed by atoms with van der Waals surface area (Å²) in [6.45, 7) is 3.87. The summed E-state index contributed by atoms with van der Waals surface area (Å²) < 4.78 is 39.6. The fourth-order valence-corrected chi connectivity index (χ4v) is 8.31. The number of hydrogen-bond acceptors (Lipinski definition) is 5. The first-order valence-corrected chi connectivity index (χ1v) is 12.4. The molecule has 3 saturated heterocycles. The van der Waals surface area contributed by atoms with E-state index in [1.807, 2.05) is 43.3 Å². The third-order valence-electron chi connectivity index (χ3n) is 7.39. The molecule has 3 atom stereocenters. The van der Waals surface area contributed by atoms with Crippen LogP contribution in [-0.4, -0.2) is 49.1 Å². The maximum absolute atomic E-state index is 14.0. The summed E-state index contributed by atoms with van der Waals surface area (Å²) in [7, 11) is -3.53. The van der Waals surface area contributed by atoms with Gasteiger partial charge in [-0.2, -0.15) is 0 Å². The van der Waals surface area contributed by atoms with Crippen LogP contribution in [0.25, 0.3) is 0 Å². The van der Waals surface area contributed by atoms with Crippen LogP contribution < -0.4 is 0 Å². The van der Waals surface area contributed by atoms with Gasteiger partial charge in [-0.3, -0.25) is 4.90 Å². The van der Waals surface area contributed by atoms with E-state index in [9.17, 15) is 8.42 Å². The molecule has 3 aliphatic heterocycles. The molecular formula is C24H29NO4S. The predicted molar refractivity (Wildman–Crippen MR) is 115 cm³/mol. The van der Waals surface area contributed by atoms with Crippen LogP contribution in [0.5, 0.6) is 0 Å². The quantitative estimate of drug-likeness (QED) is 0.727. The Labute approximate surface area is 178 Å². The van der Waals surface area contributed by atoms with E-state index in [2.05, 4.69) is 17.0 Å². The normalized spacial score (nSPS) is 30.7. The zero-order chi connectivity index (χ0) is 20.8. The first-order chi connectivity index (χ1) is 14.5. The third-order valence-corrected chi connectivity index (χ3v) is 10.1. The Morgan fingerprint density at radius 1 is 0.967 bits per heavy atom. The smallest absolute Gasteiger partial charge is 0.185 e. The van der Waals surface area contributed by atoms with Crippen molar-refractivity contribution in [2.45, 2.75) is 66.7 Å². The van der Waals surface area contributed by atoms with Crippen molar-refractivity contribution in [1.82, 2.24) is 4.90 Å². The molecule has 0 aromatic heterocycles. The number of benzene rings is 2. The van der Waals surface area contributed by atoms with Gasteiger partial charge in [-0.15, -0.1) is 0 Å². The minimum Gasteiger partial charge on any atom is -0.346 e. The SMILES string of the molecule is CC[C@]1(S(=O)(=O)c2ccccc2)C[C@H]2N(Cc3ccccc3)[C@@H]1CCC21OCCO1. The molecule has 6 heteroatoms. The lowest BCUT2D eigenvalue weighted by atomic mass is 9.92. The summed E-state index contributed by atoms with van der Waals surface area (Å²) in [6.07, 6.45) is 2.62. The fraction of sp³-hybridized carbons (Fsp3) is 0.500. The Morgan fingerprint density at radius 3 is 2.23 bits per heavy atom. The van der Waals surface area contributed by atoms with E-state index in [4.69, 9.17) is 9.47 Å². The van der Waals surface area contributed by atoms with E-state index < -0.39 is 20.4 Å². The van der Waals surface area contributed by atoms with Crippen molar-refractivity contribution < 1.29 is 17.9 Å². The molecule has 0 N–H and O–H groups in total. The highest BCUT2D eigenvalue weighted by Gasteiger charge is 2.67. The summed E-state index contributed by atoms with van der Waals surface area (Å²) in [6, 6.07) is 19.1. The van der Waals surface area contributed by atoms with Crippen molar-refractivity contribution >= 4 is 9.84 Å². The van der Waals surface area contributed by atoms with Crippen LogP contribution in [0.15, 0.2) is 65.6 Å². The Kier molecular flexibility index (Phi) is 5.01. The minimum absolute atomic E-state index is 0.0589. The molecule has 0 unspecified atom stereocenters. The molecule has 2 aromatic carbocycles. The summed E-state index contributed by atoms with van der Waals surface area (Å²) in [5.74, 6) is -0.686. The second-order valence-electron chi connectivity index (χ2n) is 8.68. The average molecular weight is 428 g/mol. The van der Waals surface area contributed by atoms with Crippen LogP contribution in [0, 0.1) is 0 Å². The van der Waals surface area contributed by atoms with Crippen LogP contribution in [0.1, 0.15) is 38.2 Å². The van der Waals surface area contributed by atoms with Gasteiger partial charge in [-0.1, -0.05) is 55.5 Å². The van der Waals surface area contributed by atoms with Gasteiger partial charge in [0.05, 0.1) is 28.9 Å². The fourth-order valence-electron chi connectivity index (χ4n) is 5.96. The first-order valence-electron chi connectivity index (χ1n) is 10.9. The highest BCUT2D eigenvalue weighted by Crippen LogP contribution is 2.55. The van der Waals surface area contributed by atoms with Crippen molar-refractivity contribution in [3.8, 4) is 0 Å². The largest absolute Gasteiger partial charge is 0.346 e. The second-order valence-corrected chi connectivity index (χ2v) is 11.0. The second kappa shape index (κ2) is 7.45. The highest BCUT2D eigenvalue weighted by molar-refractivity contribution is 7.93. The number of sulfone groups is 1. The molecule has 30 heavy (non-hydrogen) atoms. The van der Waals surface area contributed by atoms with Gasteiger partial charge < -0.3 is 9.47 Å². The molecule has 0 aliphatic carbocycles. The van der Waals surface area contributed by atoms with Gasteiger partial charge >= 0.3 is 0 Å². The monoisotopic (exact) mass is 427 g/mol. The van der Waals surface area contributed by atoms with Gasteiger partial charge in [-0.05, 0) is 37.0 Å². The molecule has 0 amide bonds. The highest BCUT2D eigenvalue weighted by atomic mass is 32.2. The number of piperidine rings is 1. The molecule has 1 spiro atoms. The summed E-state index contributed by atoms with van der Waals surface area (Å²) >= 11 is 0. The van der Waals surface area contributed by atoms with Gasteiger partial charge in [0.2, 0.25) is 0 Å². The molecule has 0 radical (unpaired) electrons. The molecule has 3 fully saturated rings. The lowest BCUT2D eigenvalue weighted by Crippen LogP contribution is -2.57. The lowest BCUT2D eigenvalue weighted by Gasteiger charge is -2.46. The van der Waals surface area contributed by atoms with Gasteiger partial charge in [0, 0.05) is 19.0 Å². The van der Waals surface area contributed by atoms with Crippen molar-refractivity contribution in [2.24, 2.45) is 0 Å². The third kappa shape index (κ3) is 2.88. The molecule has 160 valence electrons. The zero-order valence-corrected chi connectivity index (χ0v) is 18.2. The topological polar surface area (TPSA) is 55.8 Å². The Bertz CT molecular complexity index is 988. The van der Waals surface area contributed by atoms with Gasteiger partial charge in [0.1, 0.15) is 0 Å². The predicted octanol–water partition coefficient (Wildman–Crippen LogP) is 3.79. The van der Waals surface area contributed by atoms with Crippen LogP contribution in [0.3, 0.4) is 0 Å². The Balaban J connectivity index is 1.60. The zero-order valence-electron chi connectivity index (χ0n) is 17.4. The number of fused-ring (bicyclic) bond motifs is 3. The molecular weight excluding hydrogens is 398 g/mol. The molecule has 2 aromatic rings. The maximum atomic E-state index is 14.0. The number of nitrogens with zero attached hydrogens (tertiary/aromatic N) is 1. The van der Waals surface area contributed by atoms with E-state index >= 15 is 0 Å². The standard InChI is InChI=1S/C24H29NO4S/c1-2-23(30(26,27)20-11-7-4-8-12-20)17-22-24(28-15-16-29-24)14-13-21(23)25(22)18-19-9-5-3-6-10-19/h3-12,21-22H,2,13-18H2,1H3/t21-,22-,23+/m1/s1. The Morgan fingerprint density at radius 2 is 1.60 bits per heavy atom. The van der Waals surface area contributed by atoms with E-state index in [1.54, 1.807) is 12.1 Å². The van der Waals surface area contributed by atoms with Crippen LogP contribution in [0.2, 0.25) is 0 Å². The summed E-state index contributed by atoms with van der Waals surface area (Å²) in [4.78, 5) is 2.79. The number of ether oxygens (including phenoxy) is 2. The van der Waals surface area contributed by atoms with Gasteiger partial charge in [0.25, 0.3) is 0 Å². The average Bonchev–Trinajstić information content (AvgIpc) is 3.33. The minimum atomic E-state index is -3.53. The molecule has 3 aliphatic rings. The molecule has 3 heterocycles. The van der Waals surface area contributed by atoms with Crippen LogP contribution in [-0.2, 0) is 25.9 Å². The van der Waals surface area contributed by atoms with Crippen LogP contribution in [0.4, 0.5) is 0 Å². The van der Waals surface area contributed by atoms with Crippen LogP contribution >= 0.6 is 0 Å². The summed E-state index contributed by atoms with van der Waals surface area (Å²) in [5, 5.41) is 0. The van der Waals surface area contributed by atoms with Crippen molar-refractivity contribution in [3.63, 3.8) is 0 Å². The molecule has 2 bridgehead atoms. The number of rotatable bonds is 5. The van der Waals surface area contributed by atoms with Crippen molar-refractivity contribution in [3.05, 3.63) is 66.2 Å². The van der Waals surface area contributed by atoms with Gasteiger partial charge in [-0.25, -0.2) is 8.42 Å². The Hall–Kier alpha value is -1.73.